The lowest BCUT2D eigenvalue weighted by molar-refractivity contribution is 0.188. The van der Waals surface area contributed by atoms with Crippen molar-refractivity contribution < 1.29 is 9.84 Å². The van der Waals surface area contributed by atoms with Crippen molar-refractivity contribution >= 4 is 29.9 Å². The van der Waals surface area contributed by atoms with E-state index < -0.39 is 0 Å². The fourth-order valence-corrected chi connectivity index (χ4v) is 3.58. The minimum absolute atomic E-state index is 0. The first kappa shape index (κ1) is 21.3. The van der Waals surface area contributed by atoms with Crippen molar-refractivity contribution in [2.45, 2.75) is 57.7 Å². The van der Waals surface area contributed by atoms with Crippen LogP contribution in [0.4, 0.5) is 0 Å². The van der Waals surface area contributed by atoms with E-state index in [1.807, 2.05) is 0 Å². The Balaban J connectivity index is 0.00000243. The van der Waals surface area contributed by atoms with Crippen LogP contribution in [0.15, 0.2) is 29.3 Å². The van der Waals surface area contributed by atoms with E-state index in [4.69, 9.17) is 9.73 Å². The summed E-state index contributed by atoms with van der Waals surface area (Å²) in [5.74, 6) is 1.90. The molecule has 1 saturated heterocycles. The molecule has 2 fully saturated rings. The van der Waals surface area contributed by atoms with Crippen LogP contribution in [-0.4, -0.2) is 54.4 Å². The SMILES string of the molecule is CCNC(=NCCc1ccc(OC2CCCC2)cc1)N1CC[C@@H](O)C1.I. The van der Waals surface area contributed by atoms with E-state index in [0.717, 1.165) is 44.2 Å². The van der Waals surface area contributed by atoms with Crippen molar-refractivity contribution in [3.8, 4) is 5.75 Å². The number of ether oxygens (including phenoxy) is 1. The van der Waals surface area contributed by atoms with E-state index in [2.05, 4.69) is 41.4 Å². The van der Waals surface area contributed by atoms with Crippen LogP contribution >= 0.6 is 24.0 Å². The number of β-amino-alcohol motifs (C(OH)–C–C–N with tert-alkyl or cyclic N) is 1. The molecule has 1 aliphatic carbocycles. The summed E-state index contributed by atoms with van der Waals surface area (Å²) in [5.41, 5.74) is 1.28. The number of aliphatic hydroxyl groups excluding tert-OH is 1. The van der Waals surface area contributed by atoms with Crippen molar-refractivity contribution in [1.82, 2.24) is 10.2 Å². The number of hydrogen-bond donors (Lipinski definition) is 2. The Kier molecular flexibility index (Phi) is 8.98. The molecule has 1 aromatic carbocycles. The molecule has 0 unspecified atom stereocenters. The Morgan fingerprint density at radius 2 is 1.96 bits per heavy atom. The summed E-state index contributed by atoms with van der Waals surface area (Å²) in [7, 11) is 0. The van der Waals surface area contributed by atoms with Gasteiger partial charge >= 0.3 is 0 Å². The number of aliphatic imine (C=N–C) groups is 1. The van der Waals surface area contributed by atoms with E-state index >= 15 is 0 Å². The van der Waals surface area contributed by atoms with Crippen molar-refractivity contribution in [2.75, 3.05) is 26.2 Å². The second-order valence-corrected chi connectivity index (χ2v) is 7.04. The highest BCUT2D eigenvalue weighted by Crippen LogP contribution is 2.24. The van der Waals surface area contributed by atoms with E-state index in [9.17, 15) is 5.11 Å². The molecule has 0 radical (unpaired) electrons. The van der Waals surface area contributed by atoms with Gasteiger partial charge in [0.15, 0.2) is 5.96 Å². The maximum atomic E-state index is 9.71. The molecule has 1 aliphatic heterocycles. The Morgan fingerprint density at radius 1 is 1.23 bits per heavy atom. The van der Waals surface area contributed by atoms with Gasteiger partial charge in [-0.1, -0.05) is 12.1 Å². The zero-order chi connectivity index (χ0) is 17.5. The van der Waals surface area contributed by atoms with Crippen LogP contribution in [-0.2, 0) is 6.42 Å². The molecule has 3 rings (SSSR count). The predicted molar refractivity (Wildman–Crippen MR) is 117 cm³/mol. The zero-order valence-corrected chi connectivity index (χ0v) is 18.0. The Morgan fingerprint density at radius 3 is 2.58 bits per heavy atom. The van der Waals surface area contributed by atoms with Gasteiger partial charge in [-0.2, -0.15) is 0 Å². The first-order valence-electron chi connectivity index (χ1n) is 9.71. The molecular formula is C20H32IN3O2. The number of nitrogens with zero attached hydrogens (tertiary/aromatic N) is 2. The summed E-state index contributed by atoms with van der Waals surface area (Å²) >= 11 is 0. The van der Waals surface area contributed by atoms with Gasteiger partial charge in [-0.25, -0.2) is 0 Å². The van der Waals surface area contributed by atoms with Gasteiger partial charge < -0.3 is 20.1 Å². The van der Waals surface area contributed by atoms with Crippen molar-refractivity contribution in [1.29, 1.82) is 0 Å². The molecule has 1 aromatic rings. The second kappa shape index (κ2) is 11.0. The predicted octanol–water partition coefficient (Wildman–Crippen LogP) is 3.20. The molecule has 1 heterocycles. The largest absolute Gasteiger partial charge is 0.490 e. The van der Waals surface area contributed by atoms with Crippen LogP contribution < -0.4 is 10.1 Å². The Bertz CT molecular complexity index is 559. The van der Waals surface area contributed by atoms with Crippen molar-refractivity contribution in [3.63, 3.8) is 0 Å². The molecule has 0 bridgehead atoms. The molecule has 2 aliphatic rings. The molecule has 2 N–H and O–H groups in total. The number of guanidine groups is 1. The average molecular weight is 473 g/mol. The highest BCUT2D eigenvalue weighted by atomic mass is 127. The van der Waals surface area contributed by atoms with E-state index in [-0.39, 0.29) is 30.1 Å². The molecule has 1 saturated carbocycles. The first-order valence-corrected chi connectivity index (χ1v) is 9.71. The van der Waals surface area contributed by atoms with Gasteiger partial charge in [-0.05, 0) is 63.1 Å². The molecule has 0 spiro atoms. The standard InChI is InChI=1S/C20H31N3O2.HI/c1-2-21-20(23-14-12-17(24)15-23)22-13-11-16-7-9-19(10-8-16)25-18-5-3-4-6-18;/h7-10,17-18,24H,2-6,11-15H2,1H3,(H,21,22);1H/t17-;/m1./s1. The lowest BCUT2D eigenvalue weighted by atomic mass is 10.1. The topological polar surface area (TPSA) is 57.1 Å². The van der Waals surface area contributed by atoms with Gasteiger partial charge in [0.25, 0.3) is 0 Å². The van der Waals surface area contributed by atoms with Crippen molar-refractivity contribution in [2.24, 2.45) is 4.99 Å². The van der Waals surface area contributed by atoms with Gasteiger partial charge in [0.1, 0.15) is 5.75 Å². The lowest BCUT2D eigenvalue weighted by Crippen LogP contribution is -2.40. The number of aliphatic hydroxyl groups is 1. The van der Waals surface area contributed by atoms with Crippen LogP contribution in [0, 0.1) is 0 Å². The summed E-state index contributed by atoms with van der Waals surface area (Å²) in [6.45, 7) is 5.22. The number of rotatable bonds is 6. The van der Waals surface area contributed by atoms with E-state index in [1.54, 1.807) is 0 Å². The molecule has 1 atom stereocenters. The van der Waals surface area contributed by atoms with Gasteiger partial charge in [0.2, 0.25) is 0 Å². The molecular weight excluding hydrogens is 441 g/mol. The molecule has 6 heteroatoms. The fourth-order valence-electron chi connectivity index (χ4n) is 3.58. The third kappa shape index (κ3) is 6.30. The number of halogens is 1. The normalized spacial score (nSPS) is 20.9. The first-order chi connectivity index (χ1) is 12.2. The van der Waals surface area contributed by atoms with Crippen molar-refractivity contribution in [3.05, 3.63) is 29.8 Å². The average Bonchev–Trinajstić information content (AvgIpc) is 3.27. The van der Waals surface area contributed by atoms with Crippen LogP contribution in [0.5, 0.6) is 5.75 Å². The molecule has 26 heavy (non-hydrogen) atoms. The Hall–Kier alpha value is -1.02. The summed E-state index contributed by atoms with van der Waals surface area (Å²) in [5, 5.41) is 13.0. The van der Waals surface area contributed by atoms with Crippen LogP contribution in [0.25, 0.3) is 0 Å². The summed E-state index contributed by atoms with van der Waals surface area (Å²) in [6.07, 6.45) is 6.89. The number of benzene rings is 1. The van der Waals surface area contributed by atoms with Gasteiger partial charge in [0, 0.05) is 26.2 Å². The van der Waals surface area contributed by atoms with Gasteiger partial charge in [-0.15, -0.1) is 24.0 Å². The fraction of sp³-hybridized carbons (Fsp3) is 0.650. The smallest absolute Gasteiger partial charge is 0.194 e. The number of nitrogens with one attached hydrogen (secondary N) is 1. The zero-order valence-electron chi connectivity index (χ0n) is 15.7. The summed E-state index contributed by atoms with van der Waals surface area (Å²) in [4.78, 5) is 6.87. The van der Waals surface area contributed by atoms with Gasteiger partial charge in [0.05, 0.1) is 12.2 Å². The number of hydrogen-bond acceptors (Lipinski definition) is 3. The second-order valence-electron chi connectivity index (χ2n) is 7.04. The highest BCUT2D eigenvalue weighted by molar-refractivity contribution is 14.0. The molecule has 146 valence electrons. The molecule has 0 amide bonds. The molecule has 5 nitrogen and oxygen atoms in total. The van der Waals surface area contributed by atoms with Crippen LogP contribution in [0.2, 0.25) is 0 Å². The maximum Gasteiger partial charge on any atom is 0.194 e. The minimum Gasteiger partial charge on any atom is -0.490 e. The minimum atomic E-state index is -0.226. The number of likely N-dealkylation sites (tertiary alicyclic amines) is 1. The third-order valence-corrected chi connectivity index (χ3v) is 4.99. The Labute approximate surface area is 174 Å². The maximum absolute atomic E-state index is 9.71. The van der Waals surface area contributed by atoms with Gasteiger partial charge in [-0.3, -0.25) is 4.99 Å². The summed E-state index contributed by atoms with van der Waals surface area (Å²) in [6, 6.07) is 8.46. The van der Waals surface area contributed by atoms with E-state index in [0.29, 0.717) is 12.6 Å². The monoisotopic (exact) mass is 473 g/mol. The highest BCUT2D eigenvalue weighted by Gasteiger charge is 2.22. The summed E-state index contributed by atoms with van der Waals surface area (Å²) < 4.78 is 6.01. The van der Waals surface area contributed by atoms with E-state index in [1.165, 1.54) is 31.2 Å². The quantitative estimate of drug-likeness (QED) is 0.379. The lowest BCUT2D eigenvalue weighted by Gasteiger charge is -2.20. The third-order valence-electron chi connectivity index (χ3n) is 4.99. The van der Waals surface area contributed by atoms with Crippen LogP contribution in [0.3, 0.4) is 0 Å². The molecule has 0 aromatic heterocycles. The van der Waals surface area contributed by atoms with Crippen LogP contribution in [0.1, 0.15) is 44.6 Å².